The van der Waals surface area contributed by atoms with Gasteiger partial charge in [-0.05, 0) is 17.7 Å². The second-order valence-electron chi connectivity index (χ2n) is 3.30. The van der Waals surface area contributed by atoms with Gasteiger partial charge in [0.05, 0.1) is 0 Å². The first-order valence-corrected chi connectivity index (χ1v) is 5.97. The molecule has 0 aliphatic carbocycles. The molecule has 0 atom stereocenters. The Morgan fingerprint density at radius 3 is 2.94 bits per heavy atom. The molecule has 2 rings (SSSR count). The maximum atomic E-state index is 5.91. The van der Waals surface area contributed by atoms with Gasteiger partial charge < -0.3 is 10.5 Å². The van der Waals surface area contributed by atoms with Gasteiger partial charge in [-0.2, -0.15) is 0 Å². The number of nitrogen functional groups attached to an aromatic ring is 1. The van der Waals surface area contributed by atoms with Crippen LogP contribution in [0.1, 0.15) is 5.56 Å². The van der Waals surface area contributed by atoms with Gasteiger partial charge in [0.15, 0.2) is 0 Å². The molecule has 0 fully saturated rings. The summed E-state index contributed by atoms with van der Waals surface area (Å²) in [5, 5.41) is 0.238. The van der Waals surface area contributed by atoms with Crippen LogP contribution in [0.3, 0.4) is 0 Å². The molecule has 0 radical (unpaired) electrons. The van der Waals surface area contributed by atoms with Crippen molar-refractivity contribution in [3.63, 3.8) is 0 Å². The summed E-state index contributed by atoms with van der Waals surface area (Å²) in [4.78, 5) is 7.68. The zero-order chi connectivity index (χ0) is 12.3. The molecule has 6 heteroatoms. The minimum Gasteiger partial charge on any atom is -0.472 e. The van der Waals surface area contributed by atoms with Crippen molar-refractivity contribution in [2.75, 3.05) is 5.73 Å². The minimum absolute atomic E-state index is 0.214. The standard InChI is InChI=1S/C11H9BrClN3O/c12-8-3-1-2-7(4-8)5-17-11-9(13)10(14)15-6-16-11/h1-4,6H,5H2,(H2,14,15,16). The normalized spacial score (nSPS) is 10.2. The molecular formula is C11H9BrClN3O. The lowest BCUT2D eigenvalue weighted by Gasteiger charge is -2.07. The quantitative estimate of drug-likeness (QED) is 0.946. The highest BCUT2D eigenvalue weighted by Gasteiger charge is 2.07. The van der Waals surface area contributed by atoms with Crippen molar-refractivity contribution in [1.82, 2.24) is 9.97 Å². The van der Waals surface area contributed by atoms with Crippen LogP contribution in [0.2, 0.25) is 5.02 Å². The highest BCUT2D eigenvalue weighted by molar-refractivity contribution is 9.10. The summed E-state index contributed by atoms with van der Waals surface area (Å²) in [5.74, 6) is 0.505. The predicted octanol–water partition coefficient (Wildman–Crippen LogP) is 3.05. The van der Waals surface area contributed by atoms with E-state index >= 15 is 0 Å². The molecule has 0 bridgehead atoms. The fourth-order valence-corrected chi connectivity index (χ4v) is 1.84. The van der Waals surface area contributed by atoms with Crippen LogP contribution < -0.4 is 10.5 Å². The third kappa shape index (κ3) is 3.08. The predicted molar refractivity (Wildman–Crippen MR) is 69.9 cm³/mol. The first-order chi connectivity index (χ1) is 8.16. The Morgan fingerprint density at radius 1 is 1.35 bits per heavy atom. The van der Waals surface area contributed by atoms with Crippen LogP contribution in [0.4, 0.5) is 5.82 Å². The number of anilines is 1. The van der Waals surface area contributed by atoms with Crippen molar-refractivity contribution in [3.05, 3.63) is 45.7 Å². The molecule has 0 spiro atoms. The van der Waals surface area contributed by atoms with Gasteiger partial charge in [0.1, 0.15) is 23.8 Å². The molecule has 0 aliphatic heterocycles. The van der Waals surface area contributed by atoms with Gasteiger partial charge >= 0.3 is 0 Å². The highest BCUT2D eigenvalue weighted by Crippen LogP contribution is 2.26. The van der Waals surface area contributed by atoms with Crippen LogP contribution in [-0.2, 0) is 6.61 Å². The van der Waals surface area contributed by atoms with E-state index in [1.807, 2.05) is 24.3 Å². The molecule has 0 aliphatic rings. The Bertz CT molecular complexity index is 536. The van der Waals surface area contributed by atoms with Crippen molar-refractivity contribution >= 4 is 33.3 Å². The lowest BCUT2D eigenvalue weighted by atomic mass is 10.2. The highest BCUT2D eigenvalue weighted by atomic mass is 79.9. The van der Waals surface area contributed by atoms with Crippen molar-refractivity contribution in [2.45, 2.75) is 6.61 Å². The molecule has 1 heterocycles. The second kappa shape index (κ2) is 5.33. The summed E-state index contributed by atoms with van der Waals surface area (Å²) < 4.78 is 6.47. The van der Waals surface area contributed by atoms with E-state index in [1.165, 1.54) is 6.33 Å². The lowest BCUT2D eigenvalue weighted by molar-refractivity contribution is 0.293. The number of halogens is 2. The molecule has 0 amide bonds. The average Bonchev–Trinajstić information content (AvgIpc) is 2.31. The summed E-state index contributed by atoms with van der Waals surface area (Å²) in [6, 6.07) is 7.78. The zero-order valence-electron chi connectivity index (χ0n) is 8.73. The fraction of sp³-hybridized carbons (Fsp3) is 0.0909. The van der Waals surface area contributed by atoms with Crippen molar-refractivity contribution in [3.8, 4) is 5.88 Å². The maximum absolute atomic E-state index is 5.91. The molecule has 1 aromatic carbocycles. The molecular weight excluding hydrogens is 305 g/mol. The van der Waals surface area contributed by atoms with Crippen LogP contribution in [0.15, 0.2) is 35.1 Å². The summed E-state index contributed by atoms with van der Waals surface area (Å²) in [5.41, 5.74) is 6.55. The van der Waals surface area contributed by atoms with Crippen LogP contribution in [0, 0.1) is 0 Å². The molecule has 0 saturated heterocycles. The average molecular weight is 315 g/mol. The van der Waals surface area contributed by atoms with E-state index in [9.17, 15) is 0 Å². The molecule has 88 valence electrons. The van der Waals surface area contributed by atoms with Crippen LogP contribution >= 0.6 is 27.5 Å². The molecule has 17 heavy (non-hydrogen) atoms. The van der Waals surface area contributed by atoms with Gasteiger partial charge in [0.25, 0.3) is 0 Å². The Hall–Kier alpha value is -1.33. The summed E-state index contributed by atoms with van der Waals surface area (Å²) >= 11 is 9.29. The first-order valence-electron chi connectivity index (χ1n) is 4.80. The number of rotatable bonds is 3. The lowest BCUT2D eigenvalue weighted by Crippen LogP contribution is -2.01. The van der Waals surface area contributed by atoms with Crippen LogP contribution in [0.25, 0.3) is 0 Å². The molecule has 1 aromatic heterocycles. The molecule has 2 aromatic rings. The van der Waals surface area contributed by atoms with Crippen molar-refractivity contribution < 1.29 is 4.74 Å². The number of nitrogens with two attached hydrogens (primary N) is 1. The fourth-order valence-electron chi connectivity index (χ4n) is 1.25. The van der Waals surface area contributed by atoms with Crippen LogP contribution in [0.5, 0.6) is 5.88 Å². The van der Waals surface area contributed by atoms with E-state index in [-0.39, 0.29) is 10.8 Å². The first kappa shape index (κ1) is 12.1. The van der Waals surface area contributed by atoms with E-state index in [4.69, 9.17) is 22.1 Å². The third-order valence-electron chi connectivity index (χ3n) is 2.05. The van der Waals surface area contributed by atoms with Gasteiger partial charge in [-0.3, -0.25) is 0 Å². The third-order valence-corrected chi connectivity index (χ3v) is 2.90. The maximum Gasteiger partial charge on any atom is 0.238 e. The second-order valence-corrected chi connectivity index (χ2v) is 4.59. The smallest absolute Gasteiger partial charge is 0.238 e. The Kier molecular flexibility index (Phi) is 3.81. The number of hydrogen-bond acceptors (Lipinski definition) is 4. The number of benzene rings is 1. The van der Waals surface area contributed by atoms with Gasteiger partial charge in [0, 0.05) is 4.47 Å². The molecule has 0 saturated carbocycles. The topological polar surface area (TPSA) is 61.0 Å². The zero-order valence-corrected chi connectivity index (χ0v) is 11.1. The van der Waals surface area contributed by atoms with E-state index < -0.39 is 0 Å². The molecule has 0 unspecified atom stereocenters. The molecule has 4 nitrogen and oxygen atoms in total. The van der Waals surface area contributed by atoms with Gasteiger partial charge in [0.2, 0.25) is 5.88 Å². The van der Waals surface area contributed by atoms with Gasteiger partial charge in [-0.15, -0.1) is 0 Å². The van der Waals surface area contributed by atoms with E-state index in [0.717, 1.165) is 10.0 Å². The van der Waals surface area contributed by atoms with Gasteiger partial charge in [-0.25, -0.2) is 9.97 Å². The van der Waals surface area contributed by atoms with E-state index in [0.29, 0.717) is 12.5 Å². The van der Waals surface area contributed by atoms with E-state index in [2.05, 4.69) is 25.9 Å². The number of nitrogens with zero attached hydrogens (tertiary/aromatic N) is 2. The minimum atomic E-state index is 0.214. The van der Waals surface area contributed by atoms with Gasteiger partial charge in [-0.1, -0.05) is 39.7 Å². The van der Waals surface area contributed by atoms with Crippen molar-refractivity contribution in [1.29, 1.82) is 0 Å². The number of hydrogen-bond donors (Lipinski definition) is 1. The van der Waals surface area contributed by atoms with E-state index in [1.54, 1.807) is 0 Å². The Balaban J connectivity index is 2.10. The Labute approximate surface area is 112 Å². The molecule has 2 N–H and O–H groups in total. The van der Waals surface area contributed by atoms with Crippen LogP contribution in [-0.4, -0.2) is 9.97 Å². The monoisotopic (exact) mass is 313 g/mol. The van der Waals surface area contributed by atoms with Crippen molar-refractivity contribution in [2.24, 2.45) is 0 Å². The number of aromatic nitrogens is 2. The Morgan fingerprint density at radius 2 is 2.18 bits per heavy atom. The summed E-state index contributed by atoms with van der Waals surface area (Å²) in [6.45, 7) is 0.371. The largest absolute Gasteiger partial charge is 0.472 e. The summed E-state index contributed by atoms with van der Waals surface area (Å²) in [7, 11) is 0. The summed E-state index contributed by atoms with van der Waals surface area (Å²) in [6.07, 6.45) is 1.32. The SMILES string of the molecule is Nc1ncnc(OCc2cccc(Br)c2)c1Cl. The number of ether oxygens (including phenoxy) is 1.